The summed E-state index contributed by atoms with van der Waals surface area (Å²) in [6.45, 7) is 7.38. The van der Waals surface area contributed by atoms with E-state index in [4.69, 9.17) is 0 Å². The molecule has 0 saturated heterocycles. The Morgan fingerprint density at radius 1 is 1.35 bits per heavy atom. The van der Waals surface area contributed by atoms with Gasteiger partial charge in [-0.2, -0.15) is 0 Å². The van der Waals surface area contributed by atoms with E-state index in [-0.39, 0.29) is 0 Å². The van der Waals surface area contributed by atoms with Crippen molar-refractivity contribution in [3.63, 3.8) is 0 Å². The summed E-state index contributed by atoms with van der Waals surface area (Å²) in [5.74, 6) is 0.880. The number of hydrogen-bond acceptors (Lipinski definition) is 2. The largest absolute Gasteiger partial charge is 0.352 e. The molecule has 0 radical (unpaired) electrons. The minimum absolute atomic E-state index is 0.774. The minimum Gasteiger partial charge on any atom is -0.352 e. The van der Waals surface area contributed by atoms with Gasteiger partial charge in [-0.25, -0.2) is 4.98 Å². The van der Waals surface area contributed by atoms with Crippen LogP contribution < -0.4 is 5.32 Å². The van der Waals surface area contributed by atoms with Gasteiger partial charge in [-0.15, -0.1) is 6.58 Å². The number of imidazole rings is 1. The van der Waals surface area contributed by atoms with E-state index >= 15 is 0 Å². The lowest BCUT2D eigenvalue weighted by atomic mass is 10.1. The molecule has 1 N–H and O–H groups in total. The van der Waals surface area contributed by atoms with Crippen LogP contribution >= 0.6 is 0 Å². The SMILES string of the molecule is C=CCn1ccnc1NCc1ccc(C)cc1. The van der Waals surface area contributed by atoms with E-state index in [2.05, 4.69) is 48.1 Å². The van der Waals surface area contributed by atoms with Crippen molar-refractivity contribution in [1.82, 2.24) is 9.55 Å². The van der Waals surface area contributed by atoms with Gasteiger partial charge in [0.1, 0.15) is 0 Å². The molecular formula is C14H17N3. The van der Waals surface area contributed by atoms with Gasteiger partial charge in [0.15, 0.2) is 0 Å². The monoisotopic (exact) mass is 227 g/mol. The molecule has 0 bridgehead atoms. The number of benzene rings is 1. The highest BCUT2D eigenvalue weighted by molar-refractivity contribution is 5.30. The molecule has 1 aromatic carbocycles. The Kier molecular flexibility index (Phi) is 3.60. The summed E-state index contributed by atoms with van der Waals surface area (Å²) < 4.78 is 2.03. The van der Waals surface area contributed by atoms with Crippen LogP contribution in [-0.4, -0.2) is 9.55 Å². The Morgan fingerprint density at radius 2 is 2.12 bits per heavy atom. The van der Waals surface area contributed by atoms with Crippen LogP contribution in [-0.2, 0) is 13.1 Å². The summed E-state index contributed by atoms with van der Waals surface area (Å²) in [5, 5.41) is 3.32. The molecule has 3 nitrogen and oxygen atoms in total. The molecular weight excluding hydrogens is 210 g/mol. The van der Waals surface area contributed by atoms with Crippen molar-refractivity contribution in [2.24, 2.45) is 0 Å². The zero-order valence-corrected chi connectivity index (χ0v) is 10.1. The van der Waals surface area contributed by atoms with Crippen LogP contribution in [0.15, 0.2) is 49.3 Å². The first-order valence-corrected chi connectivity index (χ1v) is 5.71. The van der Waals surface area contributed by atoms with Crippen molar-refractivity contribution in [1.29, 1.82) is 0 Å². The molecule has 0 spiro atoms. The molecule has 0 aliphatic carbocycles. The Morgan fingerprint density at radius 3 is 2.82 bits per heavy atom. The minimum atomic E-state index is 0.774. The van der Waals surface area contributed by atoms with Crippen LogP contribution in [0.5, 0.6) is 0 Å². The number of hydrogen-bond donors (Lipinski definition) is 1. The van der Waals surface area contributed by atoms with Crippen molar-refractivity contribution < 1.29 is 0 Å². The van der Waals surface area contributed by atoms with Crippen LogP contribution in [0, 0.1) is 6.92 Å². The number of aryl methyl sites for hydroxylation is 1. The smallest absolute Gasteiger partial charge is 0.203 e. The Hall–Kier alpha value is -2.03. The van der Waals surface area contributed by atoms with Gasteiger partial charge < -0.3 is 9.88 Å². The van der Waals surface area contributed by atoms with Crippen molar-refractivity contribution in [2.75, 3.05) is 5.32 Å². The van der Waals surface area contributed by atoms with Crippen LogP contribution in [0.1, 0.15) is 11.1 Å². The lowest BCUT2D eigenvalue weighted by Gasteiger charge is -2.08. The van der Waals surface area contributed by atoms with E-state index in [1.54, 1.807) is 6.20 Å². The summed E-state index contributed by atoms with van der Waals surface area (Å²) in [7, 11) is 0. The molecule has 0 aliphatic heterocycles. The number of rotatable bonds is 5. The molecule has 0 unspecified atom stereocenters. The van der Waals surface area contributed by atoms with Crippen LogP contribution in [0.3, 0.4) is 0 Å². The van der Waals surface area contributed by atoms with Crippen LogP contribution in [0.2, 0.25) is 0 Å². The topological polar surface area (TPSA) is 29.9 Å². The molecule has 3 heteroatoms. The van der Waals surface area contributed by atoms with Gasteiger partial charge in [-0.05, 0) is 12.5 Å². The second-order valence-corrected chi connectivity index (χ2v) is 4.03. The van der Waals surface area contributed by atoms with Crippen molar-refractivity contribution >= 4 is 5.95 Å². The molecule has 1 aromatic heterocycles. The summed E-state index contributed by atoms with van der Waals surface area (Å²) in [6.07, 6.45) is 5.60. The fourth-order valence-corrected chi connectivity index (χ4v) is 1.65. The lowest BCUT2D eigenvalue weighted by molar-refractivity contribution is 0.820. The maximum absolute atomic E-state index is 4.27. The molecule has 0 saturated carbocycles. The highest BCUT2D eigenvalue weighted by Crippen LogP contribution is 2.08. The molecule has 88 valence electrons. The standard InChI is InChI=1S/C14H17N3/c1-3-9-17-10-8-15-14(17)16-11-13-6-4-12(2)5-7-13/h3-8,10H,1,9,11H2,2H3,(H,15,16). The van der Waals surface area contributed by atoms with Gasteiger partial charge in [0.05, 0.1) is 0 Å². The van der Waals surface area contributed by atoms with Gasteiger partial charge >= 0.3 is 0 Å². The number of allylic oxidation sites excluding steroid dienone is 1. The lowest BCUT2D eigenvalue weighted by Crippen LogP contribution is -2.06. The van der Waals surface area contributed by atoms with Gasteiger partial charge in [0.25, 0.3) is 0 Å². The van der Waals surface area contributed by atoms with E-state index in [0.717, 1.165) is 19.0 Å². The molecule has 0 atom stereocenters. The first-order chi connectivity index (χ1) is 8.29. The summed E-state index contributed by atoms with van der Waals surface area (Å²) in [4.78, 5) is 4.27. The molecule has 17 heavy (non-hydrogen) atoms. The first kappa shape index (κ1) is 11.5. The van der Waals surface area contributed by atoms with Crippen molar-refractivity contribution in [3.8, 4) is 0 Å². The third-order valence-corrected chi connectivity index (χ3v) is 2.61. The van der Waals surface area contributed by atoms with Gasteiger partial charge in [-0.3, -0.25) is 0 Å². The second kappa shape index (κ2) is 5.34. The highest BCUT2D eigenvalue weighted by Gasteiger charge is 2.00. The third-order valence-electron chi connectivity index (χ3n) is 2.61. The van der Waals surface area contributed by atoms with E-state index in [1.807, 2.05) is 16.8 Å². The Balaban J connectivity index is 1.99. The maximum atomic E-state index is 4.27. The average molecular weight is 227 g/mol. The van der Waals surface area contributed by atoms with Gasteiger partial charge in [-0.1, -0.05) is 35.9 Å². The summed E-state index contributed by atoms with van der Waals surface area (Å²) in [5.41, 5.74) is 2.53. The molecule has 2 aromatic rings. The number of nitrogens with one attached hydrogen (secondary N) is 1. The Bertz CT molecular complexity index is 482. The summed E-state index contributed by atoms with van der Waals surface area (Å²) >= 11 is 0. The van der Waals surface area contributed by atoms with Gasteiger partial charge in [0, 0.05) is 25.5 Å². The number of nitrogens with zero attached hydrogens (tertiary/aromatic N) is 2. The predicted molar refractivity (Wildman–Crippen MR) is 70.9 cm³/mol. The van der Waals surface area contributed by atoms with Crippen molar-refractivity contribution in [3.05, 3.63) is 60.4 Å². The van der Waals surface area contributed by atoms with Gasteiger partial charge in [0.2, 0.25) is 5.95 Å². The average Bonchev–Trinajstić information content (AvgIpc) is 2.77. The maximum Gasteiger partial charge on any atom is 0.203 e. The molecule has 1 heterocycles. The highest BCUT2D eigenvalue weighted by atomic mass is 15.2. The molecule has 0 amide bonds. The van der Waals surface area contributed by atoms with E-state index in [0.29, 0.717) is 0 Å². The fourth-order valence-electron chi connectivity index (χ4n) is 1.65. The van der Waals surface area contributed by atoms with E-state index in [9.17, 15) is 0 Å². The van der Waals surface area contributed by atoms with Crippen LogP contribution in [0.4, 0.5) is 5.95 Å². The predicted octanol–water partition coefficient (Wildman–Crippen LogP) is 2.99. The first-order valence-electron chi connectivity index (χ1n) is 5.71. The molecule has 2 rings (SSSR count). The fraction of sp³-hybridized carbons (Fsp3) is 0.214. The van der Waals surface area contributed by atoms with Crippen molar-refractivity contribution in [2.45, 2.75) is 20.0 Å². The summed E-state index contributed by atoms with van der Waals surface area (Å²) in [6, 6.07) is 8.49. The van der Waals surface area contributed by atoms with E-state index in [1.165, 1.54) is 11.1 Å². The Labute approximate surface area is 102 Å². The second-order valence-electron chi connectivity index (χ2n) is 4.03. The number of aromatic nitrogens is 2. The molecule has 0 aliphatic rings. The normalized spacial score (nSPS) is 10.2. The third kappa shape index (κ3) is 2.97. The molecule has 0 fully saturated rings. The van der Waals surface area contributed by atoms with E-state index < -0.39 is 0 Å². The van der Waals surface area contributed by atoms with Crippen LogP contribution in [0.25, 0.3) is 0 Å². The zero-order chi connectivity index (χ0) is 12.1. The number of anilines is 1. The quantitative estimate of drug-likeness (QED) is 0.796. The zero-order valence-electron chi connectivity index (χ0n) is 10.1.